The van der Waals surface area contributed by atoms with Crippen LogP contribution in [0.25, 0.3) is 0 Å². The Hall–Kier alpha value is -1.80. The lowest BCUT2D eigenvalue weighted by atomic mass is 9.51. The van der Waals surface area contributed by atoms with Gasteiger partial charge in [-0.1, -0.05) is 62.2 Å². The Labute approximate surface area is 164 Å². The van der Waals surface area contributed by atoms with Crippen LogP contribution in [0, 0.1) is 5.41 Å². The Kier molecular flexibility index (Phi) is 5.27. The number of rotatable bonds is 5. The maximum atomic E-state index is 5.55. The summed E-state index contributed by atoms with van der Waals surface area (Å²) in [6, 6.07) is 19.9. The number of hydrogen-bond donors (Lipinski definition) is 0. The van der Waals surface area contributed by atoms with Gasteiger partial charge in [-0.2, -0.15) is 0 Å². The minimum atomic E-state index is 0.309. The van der Waals surface area contributed by atoms with E-state index in [2.05, 4.69) is 66.4 Å². The fourth-order valence-corrected chi connectivity index (χ4v) is 5.74. The van der Waals surface area contributed by atoms with E-state index in [1.165, 1.54) is 62.9 Å². The standard InChI is InChI=1S/C25H33NO/c1-24-14-6-7-15-25(24,22-11-8-12-23(19-22)27-2)16-18-26(20-24)17-13-21-9-4-3-5-10-21/h3-5,8-12,19H,6-7,13-18,20H2,1-2H3/t24-,25+/m1/s1. The van der Waals surface area contributed by atoms with Gasteiger partial charge in [0.2, 0.25) is 0 Å². The smallest absolute Gasteiger partial charge is 0.119 e. The lowest BCUT2D eigenvalue weighted by molar-refractivity contribution is -0.0208. The molecule has 0 bridgehead atoms. The fourth-order valence-electron chi connectivity index (χ4n) is 5.74. The second kappa shape index (κ2) is 7.67. The van der Waals surface area contributed by atoms with Gasteiger partial charge >= 0.3 is 0 Å². The van der Waals surface area contributed by atoms with E-state index in [0.29, 0.717) is 10.8 Å². The van der Waals surface area contributed by atoms with Gasteiger partial charge < -0.3 is 9.64 Å². The molecule has 1 aliphatic heterocycles. The molecule has 2 nitrogen and oxygen atoms in total. The summed E-state index contributed by atoms with van der Waals surface area (Å²) in [6.07, 6.45) is 7.81. The van der Waals surface area contributed by atoms with Gasteiger partial charge in [-0.15, -0.1) is 0 Å². The van der Waals surface area contributed by atoms with Crippen LogP contribution in [0.15, 0.2) is 54.6 Å². The number of nitrogens with zero attached hydrogens (tertiary/aromatic N) is 1. The zero-order valence-electron chi connectivity index (χ0n) is 16.9. The summed E-state index contributed by atoms with van der Waals surface area (Å²) in [4.78, 5) is 2.72. The minimum Gasteiger partial charge on any atom is -0.497 e. The quantitative estimate of drug-likeness (QED) is 0.699. The van der Waals surface area contributed by atoms with Crippen molar-refractivity contribution in [3.05, 3.63) is 65.7 Å². The zero-order chi connectivity index (χ0) is 18.7. The van der Waals surface area contributed by atoms with Crippen molar-refractivity contribution in [2.45, 2.75) is 50.9 Å². The molecule has 0 spiro atoms. The molecule has 2 heteroatoms. The topological polar surface area (TPSA) is 12.5 Å². The second-order valence-electron chi connectivity index (χ2n) is 8.84. The van der Waals surface area contributed by atoms with Gasteiger partial charge in [-0.25, -0.2) is 0 Å². The fraction of sp³-hybridized carbons (Fsp3) is 0.520. The molecule has 2 atom stereocenters. The minimum absolute atomic E-state index is 0.309. The number of fused-ring (bicyclic) bond motifs is 1. The van der Waals surface area contributed by atoms with Crippen molar-refractivity contribution in [2.24, 2.45) is 5.41 Å². The third kappa shape index (κ3) is 3.52. The second-order valence-corrected chi connectivity index (χ2v) is 8.84. The SMILES string of the molecule is COc1cccc([C@@]23CCCC[C@]2(C)CN(CCc2ccccc2)CC3)c1. The van der Waals surface area contributed by atoms with Crippen molar-refractivity contribution in [3.63, 3.8) is 0 Å². The lowest BCUT2D eigenvalue weighted by Crippen LogP contribution is -2.58. The molecule has 0 aromatic heterocycles. The highest BCUT2D eigenvalue weighted by molar-refractivity contribution is 5.37. The predicted octanol–water partition coefficient (Wildman–Crippen LogP) is 5.46. The number of methoxy groups -OCH3 is 1. The van der Waals surface area contributed by atoms with E-state index in [1.54, 1.807) is 7.11 Å². The number of benzene rings is 2. The number of hydrogen-bond acceptors (Lipinski definition) is 2. The number of piperidine rings is 1. The van der Waals surface area contributed by atoms with Crippen LogP contribution >= 0.6 is 0 Å². The summed E-state index contributed by atoms with van der Waals surface area (Å²) in [5.74, 6) is 1.00. The van der Waals surface area contributed by atoms with Gasteiger partial charge in [0.05, 0.1) is 7.11 Å². The molecule has 1 saturated carbocycles. The van der Waals surface area contributed by atoms with E-state index >= 15 is 0 Å². The monoisotopic (exact) mass is 363 g/mol. The lowest BCUT2D eigenvalue weighted by Gasteiger charge is -2.58. The van der Waals surface area contributed by atoms with Gasteiger partial charge in [0, 0.05) is 18.5 Å². The molecule has 2 aromatic rings. The Morgan fingerprint density at radius 1 is 0.963 bits per heavy atom. The summed E-state index contributed by atoms with van der Waals surface area (Å²) < 4.78 is 5.55. The highest BCUT2D eigenvalue weighted by atomic mass is 16.5. The summed E-state index contributed by atoms with van der Waals surface area (Å²) in [5.41, 5.74) is 3.62. The molecule has 27 heavy (non-hydrogen) atoms. The number of ether oxygens (including phenoxy) is 1. The molecule has 2 aromatic carbocycles. The van der Waals surface area contributed by atoms with Crippen LogP contribution < -0.4 is 4.74 Å². The Bertz CT molecular complexity index is 758. The Balaban J connectivity index is 1.54. The van der Waals surface area contributed by atoms with Crippen LogP contribution in [-0.4, -0.2) is 31.6 Å². The number of likely N-dealkylation sites (tertiary alicyclic amines) is 1. The first-order valence-corrected chi connectivity index (χ1v) is 10.6. The molecule has 0 radical (unpaired) electrons. The molecule has 1 heterocycles. The van der Waals surface area contributed by atoms with Gasteiger partial charge in [-0.3, -0.25) is 0 Å². The van der Waals surface area contributed by atoms with E-state index in [4.69, 9.17) is 4.74 Å². The van der Waals surface area contributed by atoms with E-state index in [1.807, 2.05) is 0 Å². The first-order valence-electron chi connectivity index (χ1n) is 10.6. The van der Waals surface area contributed by atoms with Gasteiger partial charge in [-0.05, 0) is 60.9 Å². The van der Waals surface area contributed by atoms with Gasteiger partial charge in [0.15, 0.2) is 0 Å². The van der Waals surface area contributed by atoms with E-state index < -0.39 is 0 Å². The third-order valence-electron chi connectivity index (χ3n) is 7.35. The average Bonchev–Trinajstić information content (AvgIpc) is 2.72. The maximum Gasteiger partial charge on any atom is 0.119 e. The Morgan fingerprint density at radius 2 is 1.78 bits per heavy atom. The highest BCUT2D eigenvalue weighted by Gasteiger charge is 2.53. The molecular formula is C25H33NO. The molecule has 1 aliphatic carbocycles. The van der Waals surface area contributed by atoms with Crippen molar-refractivity contribution < 1.29 is 4.74 Å². The molecule has 0 N–H and O–H groups in total. The summed E-state index contributed by atoms with van der Waals surface area (Å²) >= 11 is 0. The molecule has 144 valence electrons. The molecular weight excluding hydrogens is 330 g/mol. The maximum absolute atomic E-state index is 5.55. The van der Waals surface area contributed by atoms with Crippen LogP contribution in [-0.2, 0) is 11.8 Å². The normalized spacial score (nSPS) is 28.5. The summed E-state index contributed by atoms with van der Waals surface area (Å²) in [6.45, 7) is 6.16. The largest absolute Gasteiger partial charge is 0.497 e. The van der Waals surface area contributed by atoms with Gasteiger partial charge in [0.1, 0.15) is 5.75 Å². The van der Waals surface area contributed by atoms with Crippen molar-refractivity contribution in [3.8, 4) is 5.75 Å². The van der Waals surface area contributed by atoms with Crippen LogP contribution in [0.3, 0.4) is 0 Å². The molecule has 4 rings (SSSR count). The molecule has 0 amide bonds. The Morgan fingerprint density at radius 3 is 2.59 bits per heavy atom. The van der Waals surface area contributed by atoms with Crippen LogP contribution in [0.1, 0.15) is 50.2 Å². The highest BCUT2D eigenvalue weighted by Crippen LogP contribution is 2.56. The van der Waals surface area contributed by atoms with Crippen molar-refractivity contribution >= 4 is 0 Å². The summed E-state index contributed by atoms with van der Waals surface area (Å²) in [5, 5.41) is 0. The van der Waals surface area contributed by atoms with Crippen molar-refractivity contribution in [2.75, 3.05) is 26.7 Å². The molecule has 2 fully saturated rings. The van der Waals surface area contributed by atoms with E-state index in [-0.39, 0.29) is 0 Å². The first kappa shape index (κ1) is 18.6. The average molecular weight is 364 g/mol. The van der Waals surface area contributed by atoms with Crippen molar-refractivity contribution in [1.82, 2.24) is 4.90 Å². The van der Waals surface area contributed by atoms with Crippen LogP contribution in [0.2, 0.25) is 0 Å². The summed E-state index contributed by atoms with van der Waals surface area (Å²) in [7, 11) is 1.78. The van der Waals surface area contributed by atoms with Crippen molar-refractivity contribution in [1.29, 1.82) is 0 Å². The van der Waals surface area contributed by atoms with Crippen LogP contribution in [0.4, 0.5) is 0 Å². The van der Waals surface area contributed by atoms with Gasteiger partial charge in [0.25, 0.3) is 0 Å². The first-order chi connectivity index (χ1) is 13.2. The zero-order valence-corrected chi connectivity index (χ0v) is 16.9. The third-order valence-corrected chi connectivity index (χ3v) is 7.35. The predicted molar refractivity (Wildman–Crippen MR) is 112 cm³/mol. The van der Waals surface area contributed by atoms with Crippen LogP contribution in [0.5, 0.6) is 5.75 Å². The molecule has 1 saturated heterocycles. The molecule has 0 unspecified atom stereocenters. The van der Waals surface area contributed by atoms with E-state index in [0.717, 1.165) is 12.2 Å². The van der Waals surface area contributed by atoms with E-state index in [9.17, 15) is 0 Å². The molecule has 2 aliphatic rings.